The van der Waals surface area contributed by atoms with Crippen LogP contribution in [0, 0.1) is 0 Å². The van der Waals surface area contributed by atoms with Crippen LogP contribution in [0.3, 0.4) is 0 Å². The number of nitrogens with one attached hydrogen (secondary N) is 2. The second kappa shape index (κ2) is 6.86. The zero-order chi connectivity index (χ0) is 19.0. The van der Waals surface area contributed by atoms with Gasteiger partial charge in [0.2, 0.25) is 15.9 Å². The highest BCUT2D eigenvalue weighted by Crippen LogP contribution is 2.35. The van der Waals surface area contributed by atoms with Crippen molar-refractivity contribution in [1.82, 2.24) is 14.8 Å². The van der Waals surface area contributed by atoms with E-state index in [2.05, 4.69) is 10.5 Å². The summed E-state index contributed by atoms with van der Waals surface area (Å²) in [7, 11) is -3.67. The summed E-state index contributed by atoms with van der Waals surface area (Å²) in [5.41, 5.74) is -0.348. The fourth-order valence-electron chi connectivity index (χ4n) is 3.51. The van der Waals surface area contributed by atoms with E-state index in [-0.39, 0.29) is 48.0 Å². The summed E-state index contributed by atoms with van der Waals surface area (Å²) in [6.07, 6.45) is 0.922. The highest BCUT2D eigenvalue weighted by atomic mass is 32.2. The molecule has 2 aliphatic heterocycles. The second-order valence-corrected chi connectivity index (χ2v) is 8.52. The summed E-state index contributed by atoms with van der Waals surface area (Å²) < 4.78 is 37.9. The lowest BCUT2D eigenvalue weighted by Gasteiger charge is -2.19. The first-order valence-corrected chi connectivity index (χ1v) is 10.1. The molecule has 2 aromatic rings. The van der Waals surface area contributed by atoms with Crippen LogP contribution in [0.15, 0.2) is 44.5 Å². The number of hydrogen-bond donors (Lipinski definition) is 2. The van der Waals surface area contributed by atoms with Gasteiger partial charge in [0.25, 0.3) is 5.56 Å². The van der Waals surface area contributed by atoms with Crippen LogP contribution < -0.4 is 15.6 Å². The van der Waals surface area contributed by atoms with Crippen molar-refractivity contribution < 1.29 is 22.5 Å². The molecule has 0 saturated carbocycles. The van der Waals surface area contributed by atoms with E-state index >= 15 is 0 Å². The Kier molecular flexibility index (Phi) is 4.52. The molecule has 2 N–H and O–H groups in total. The number of nitrogens with zero attached hydrogens (tertiary/aromatic N) is 1. The molecule has 144 valence electrons. The Labute approximate surface area is 155 Å². The van der Waals surface area contributed by atoms with E-state index in [9.17, 15) is 18.0 Å². The number of benzene rings is 1. The van der Waals surface area contributed by atoms with Crippen molar-refractivity contribution in [2.75, 3.05) is 13.2 Å². The van der Waals surface area contributed by atoms with Gasteiger partial charge in [0.15, 0.2) is 0 Å². The fourth-order valence-corrected chi connectivity index (χ4v) is 5.31. The topological polar surface area (TPSA) is 122 Å². The lowest BCUT2D eigenvalue weighted by atomic mass is 10.1. The number of fused-ring (bicyclic) bond motifs is 2. The predicted molar refractivity (Wildman–Crippen MR) is 93.8 cm³/mol. The zero-order valence-electron chi connectivity index (χ0n) is 14.4. The molecule has 0 spiro atoms. The normalized spacial score (nSPS) is 23.7. The van der Waals surface area contributed by atoms with Crippen molar-refractivity contribution in [2.24, 2.45) is 0 Å². The van der Waals surface area contributed by atoms with Gasteiger partial charge in [-0.1, -0.05) is 12.1 Å². The van der Waals surface area contributed by atoms with Crippen molar-refractivity contribution in [2.45, 2.75) is 36.2 Å². The van der Waals surface area contributed by atoms with Crippen LogP contribution in [0.1, 0.15) is 18.6 Å². The number of aryl methyl sites for hydroxylation is 1. The molecule has 1 aromatic carbocycles. The zero-order valence-corrected chi connectivity index (χ0v) is 15.2. The molecule has 1 aromatic heterocycles. The number of aromatic nitrogens is 1. The average Bonchev–Trinajstić information content (AvgIpc) is 3.22. The largest absolute Gasteiger partial charge is 0.490 e. The molecule has 3 heterocycles. The van der Waals surface area contributed by atoms with E-state index in [1.54, 1.807) is 18.2 Å². The molecule has 2 atom stereocenters. The standard InChI is InChI=1S/C17H19N3O6S/c21-16(6-5-13-8-17(22)19-26-13)18-11-7-12-10-25-14-3-1-2-4-15(14)27(23,24)20(12)9-11/h1-4,8,11-12H,5-7,9-10H2,(H,18,21)(H,19,22)/t11-,12-/m0/s1. The maximum absolute atomic E-state index is 12.9. The summed E-state index contributed by atoms with van der Waals surface area (Å²) in [5.74, 6) is 0.545. The minimum atomic E-state index is -3.67. The van der Waals surface area contributed by atoms with Crippen LogP contribution in [0.25, 0.3) is 0 Å². The van der Waals surface area contributed by atoms with Gasteiger partial charge in [-0.25, -0.2) is 8.42 Å². The first-order chi connectivity index (χ1) is 12.9. The van der Waals surface area contributed by atoms with Crippen molar-refractivity contribution in [3.63, 3.8) is 0 Å². The molecule has 9 nitrogen and oxygen atoms in total. The minimum Gasteiger partial charge on any atom is -0.490 e. The van der Waals surface area contributed by atoms with Gasteiger partial charge in [-0.05, 0) is 18.6 Å². The van der Waals surface area contributed by atoms with Crippen LogP contribution in [0.2, 0.25) is 0 Å². The molecule has 27 heavy (non-hydrogen) atoms. The molecule has 2 aliphatic rings. The van der Waals surface area contributed by atoms with Gasteiger partial charge in [0.1, 0.15) is 23.0 Å². The maximum atomic E-state index is 12.9. The van der Waals surface area contributed by atoms with Crippen LogP contribution >= 0.6 is 0 Å². The number of H-pyrrole nitrogens is 1. The Balaban J connectivity index is 1.41. The molecule has 1 amide bonds. The van der Waals surface area contributed by atoms with E-state index in [1.807, 2.05) is 0 Å². The monoisotopic (exact) mass is 393 g/mol. The van der Waals surface area contributed by atoms with Crippen molar-refractivity contribution in [3.05, 3.63) is 46.4 Å². The van der Waals surface area contributed by atoms with E-state index < -0.39 is 10.0 Å². The van der Waals surface area contributed by atoms with Gasteiger partial charge in [-0.3, -0.25) is 9.59 Å². The molecular formula is C17H19N3O6S. The number of carbonyl (C=O) groups is 1. The SMILES string of the molecule is O=C(CCc1cc(=O)[nH]o1)N[C@H]1C[C@H]2COc3ccccc3S(=O)(=O)N2C1. The highest BCUT2D eigenvalue weighted by molar-refractivity contribution is 7.89. The maximum Gasteiger partial charge on any atom is 0.280 e. The Morgan fingerprint density at radius 1 is 1.33 bits per heavy atom. The van der Waals surface area contributed by atoms with Crippen molar-refractivity contribution in [1.29, 1.82) is 0 Å². The van der Waals surface area contributed by atoms with E-state index in [4.69, 9.17) is 9.26 Å². The third-order valence-electron chi connectivity index (χ3n) is 4.77. The summed E-state index contributed by atoms with van der Waals surface area (Å²) in [6, 6.07) is 7.26. The predicted octanol–water partition coefficient (Wildman–Crippen LogP) is 0.241. The minimum absolute atomic E-state index is 0.147. The van der Waals surface area contributed by atoms with E-state index in [0.717, 1.165) is 0 Å². The number of rotatable bonds is 4. The summed E-state index contributed by atoms with van der Waals surface area (Å²) >= 11 is 0. The van der Waals surface area contributed by atoms with Crippen LogP contribution in [0.5, 0.6) is 5.75 Å². The van der Waals surface area contributed by atoms with Crippen LogP contribution in [-0.2, 0) is 21.2 Å². The van der Waals surface area contributed by atoms with Gasteiger partial charge in [-0.15, -0.1) is 0 Å². The number of carbonyl (C=O) groups excluding carboxylic acids is 1. The first kappa shape index (κ1) is 17.8. The number of para-hydroxylation sites is 1. The number of sulfonamides is 1. The number of hydrogen-bond acceptors (Lipinski definition) is 6. The third kappa shape index (κ3) is 3.50. The van der Waals surface area contributed by atoms with Gasteiger partial charge < -0.3 is 14.6 Å². The van der Waals surface area contributed by atoms with Crippen molar-refractivity contribution >= 4 is 15.9 Å². The quantitative estimate of drug-likeness (QED) is 0.767. The highest BCUT2D eigenvalue weighted by Gasteiger charge is 2.44. The van der Waals surface area contributed by atoms with Gasteiger partial charge in [0, 0.05) is 31.5 Å². The number of amides is 1. The Morgan fingerprint density at radius 2 is 2.15 bits per heavy atom. The third-order valence-corrected chi connectivity index (χ3v) is 6.73. The molecule has 0 radical (unpaired) electrons. The van der Waals surface area contributed by atoms with E-state index in [1.165, 1.54) is 16.4 Å². The van der Waals surface area contributed by atoms with E-state index in [0.29, 0.717) is 24.4 Å². The fraction of sp³-hybridized carbons (Fsp3) is 0.412. The smallest absolute Gasteiger partial charge is 0.280 e. The number of aromatic amines is 1. The van der Waals surface area contributed by atoms with Crippen LogP contribution in [0.4, 0.5) is 0 Å². The molecular weight excluding hydrogens is 374 g/mol. The summed E-state index contributed by atoms with van der Waals surface area (Å²) in [6.45, 7) is 0.451. The lowest BCUT2D eigenvalue weighted by Crippen LogP contribution is -2.39. The second-order valence-electron chi connectivity index (χ2n) is 6.67. The Morgan fingerprint density at radius 3 is 2.93 bits per heavy atom. The molecule has 1 fully saturated rings. The van der Waals surface area contributed by atoms with Crippen molar-refractivity contribution in [3.8, 4) is 5.75 Å². The van der Waals surface area contributed by atoms with Crippen LogP contribution in [-0.4, -0.2) is 49.0 Å². The van der Waals surface area contributed by atoms with Gasteiger partial charge in [0.05, 0.1) is 6.04 Å². The Hall–Kier alpha value is -2.59. The Bertz CT molecular complexity index is 1010. The first-order valence-electron chi connectivity index (χ1n) is 8.64. The van der Waals surface area contributed by atoms with Gasteiger partial charge in [-0.2, -0.15) is 9.46 Å². The number of ether oxygens (including phenoxy) is 1. The molecule has 0 bridgehead atoms. The molecule has 0 aliphatic carbocycles. The van der Waals surface area contributed by atoms with Gasteiger partial charge >= 0.3 is 0 Å². The summed E-state index contributed by atoms with van der Waals surface area (Å²) in [5, 5.41) is 5.04. The average molecular weight is 393 g/mol. The molecule has 4 rings (SSSR count). The molecule has 10 heteroatoms. The summed E-state index contributed by atoms with van der Waals surface area (Å²) in [4.78, 5) is 23.3. The lowest BCUT2D eigenvalue weighted by molar-refractivity contribution is -0.121. The molecule has 0 unspecified atom stereocenters. The molecule has 1 saturated heterocycles.